The quantitative estimate of drug-likeness (QED) is 0.491. The van der Waals surface area contributed by atoms with Crippen molar-refractivity contribution in [1.29, 1.82) is 0 Å². The van der Waals surface area contributed by atoms with Crippen LogP contribution in [0.15, 0.2) is 12.1 Å². The zero-order valence-corrected chi connectivity index (χ0v) is 12.1. The van der Waals surface area contributed by atoms with Crippen LogP contribution in [-0.4, -0.2) is 16.4 Å². The Balaban J connectivity index is 2.91. The third-order valence-corrected chi connectivity index (χ3v) is 3.48. The highest BCUT2D eigenvalue weighted by atomic mass is 127. The minimum Gasteiger partial charge on any atom is -0.348 e. The van der Waals surface area contributed by atoms with Gasteiger partial charge in [-0.3, -0.25) is 4.79 Å². The van der Waals surface area contributed by atoms with E-state index in [1.54, 1.807) is 0 Å². The fourth-order valence-electron chi connectivity index (χ4n) is 1.32. The van der Waals surface area contributed by atoms with E-state index in [-0.39, 0.29) is 17.5 Å². The van der Waals surface area contributed by atoms with Crippen molar-refractivity contribution in [2.45, 2.75) is 19.9 Å². The van der Waals surface area contributed by atoms with Crippen LogP contribution in [0.2, 0.25) is 0 Å². The molecule has 0 saturated carbocycles. The fourth-order valence-corrected chi connectivity index (χ4v) is 2.56. The molecular formula is C12H13F3INO. The molecule has 0 saturated heterocycles. The predicted molar refractivity (Wildman–Crippen MR) is 71.3 cm³/mol. The number of alkyl halides is 1. The first-order valence-corrected chi connectivity index (χ1v) is 6.90. The molecule has 100 valence electrons. The number of hydrogen-bond donors (Lipinski definition) is 1. The number of benzene rings is 1. The highest BCUT2D eigenvalue weighted by Gasteiger charge is 2.19. The number of carbonyl (C=O) groups is 1. The molecule has 0 spiro atoms. The summed E-state index contributed by atoms with van der Waals surface area (Å²) in [4.78, 5) is 11.8. The summed E-state index contributed by atoms with van der Waals surface area (Å²) in [5, 5.41) is 2.65. The van der Waals surface area contributed by atoms with Gasteiger partial charge in [-0.25, -0.2) is 13.2 Å². The van der Waals surface area contributed by atoms with E-state index in [9.17, 15) is 18.0 Å². The zero-order chi connectivity index (χ0) is 13.9. The second kappa shape index (κ2) is 6.40. The molecule has 0 heterocycles. The van der Waals surface area contributed by atoms with Gasteiger partial charge in [-0.1, -0.05) is 36.4 Å². The van der Waals surface area contributed by atoms with Gasteiger partial charge in [0.25, 0.3) is 5.91 Å². The number of hydrogen-bond acceptors (Lipinski definition) is 1. The molecule has 0 aromatic heterocycles. The molecule has 2 nitrogen and oxygen atoms in total. The van der Waals surface area contributed by atoms with Gasteiger partial charge >= 0.3 is 0 Å². The number of carbonyl (C=O) groups excluding carboxylic acids is 1. The molecule has 0 bridgehead atoms. The van der Waals surface area contributed by atoms with E-state index in [4.69, 9.17) is 0 Å². The molecule has 1 N–H and O–H groups in total. The van der Waals surface area contributed by atoms with Gasteiger partial charge in [-0.15, -0.1) is 0 Å². The van der Waals surface area contributed by atoms with Crippen molar-refractivity contribution in [2.75, 3.05) is 4.43 Å². The average Bonchev–Trinajstić information content (AvgIpc) is 2.31. The molecule has 18 heavy (non-hydrogen) atoms. The SMILES string of the molecule is CC(C)C(CI)NC(=O)c1cc(F)c(F)c(F)c1. The van der Waals surface area contributed by atoms with Crippen LogP contribution in [0.25, 0.3) is 0 Å². The second-order valence-electron chi connectivity index (χ2n) is 4.23. The first-order valence-electron chi connectivity index (χ1n) is 5.38. The Morgan fingerprint density at radius 1 is 1.28 bits per heavy atom. The van der Waals surface area contributed by atoms with Crippen molar-refractivity contribution >= 4 is 28.5 Å². The van der Waals surface area contributed by atoms with Crippen LogP contribution in [0.3, 0.4) is 0 Å². The Bertz CT molecular complexity index is 428. The largest absolute Gasteiger partial charge is 0.348 e. The van der Waals surface area contributed by atoms with Gasteiger partial charge < -0.3 is 5.32 Å². The van der Waals surface area contributed by atoms with Crippen molar-refractivity contribution in [1.82, 2.24) is 5.32 Å². The Labute approximate surface area is 117 Å². The summed E-state index contributed by atoms with van der Waals surface area (Å²) in [6, 6.07) is 1.28. The lowest BCUT2D eigenvalue weighted by Gasteiger charge is -2.20. The molecule has 0 fully saturated rings. The highest BCUT2D eigenvalue weighted by molar-refractivity contribution is 14.1. The maximum Gasteiger partial charge on any atom is 0.251 e. The van der Waals surface area contributed by atoms with Gasteiger partial charge in [0.15, 0.2) is 17.5 Å². The number of halogens is 4. The lowest BCUT2D eigenvalue weighted by Crippen LogP contribution is -2.39. The monoisotopic (exact) mass is 371 g/mol. The van der Waals surface area contributed by atoms with Crippen molar-refractivity contribution in [2.24, 2.45) is 5.92 Å². The Kier molecular flexibility index (Phi) is 5.43. The molecule has 1 amide bonds. The summed E-state index contributed by atoms with van der Waals surface area (Å²) in [5.74, 6) is -4.71. The second-order valence-corrected chi connectivity index (χ2v) is 5.11. The van der Waals surface area contributed by atoms with Crippen molar-refractivity contribution < 1.29 is 18.0 Å². The van der Waals surface area contributed by atoms with Crippen molar-refractivity contribution in [3.63, 3.8) is 0 Å². The molecule has 1 aromatic rings. The number of nitrogens with one attached hydrogen (secondary N) is 1. The van der Waals surface area contributed by atoms with Gasteiger partial charge in [0.1, 0.15) is 0 Å². The maximum absolute atomic E-state index is 13.0. The molecule has 0 aliphatic rings. The third-order valence-electron chi connectivity index (χ3n) is 2.53. The van der Waals surface area contributed by atoms with Gasteiger partial charge in [0.2, 0.25) is 0 Å². The predicted octanol–water partition coefficient (Wildman–Crippen LogP) is 3.29. The van der Waals surface area contributed by atoms with Gasteiger partial charge in [0, 0.05) is 16.0 Å². The standard InChI is InChI=1S/C12H13F3INO/c1-6(2)10(5-16)17-12(18)7-3-8(13)11(15)9(14)4-7/h3-4,6,10H,5H2,1-2H3,(H,17,18). The molecule has 0 aliphatic carbocycles. The van der Waals surface area contributed by atoms with Crippen molar-refractivity contribution in [3.05, 3.63) is 35.1 Å². The van der Waals surface area contributed by atoms with Gasteiger partial charge in [-0.05, 0) is 18.1 Å². The molecular weight excluding hydrogens is 358 g/mol. The molecule has 1 unspecified atom stereocenters. The summed E-state index contributed by atoms with van der Waals surface area (Å²) < 4.78 is 39.4. The van der Waals surface area contributed by atoms with E-state index in [1.807, 2.05) is 13.8 Å². The molecule has 0 aliphatic heterocycles. The topological polar surface area (TPSA) is 29.1 Å². The van der Waals surface area contributed by atoms with Crippen LogP contribution in [0.5, 0.6) is 0 Å². The Hall–Kier alpha value is -0.790. The lowest BCUT2D eigenvalue weighted by atomic mass is 10.1. The summed E-state index contributed by atoms with van der Waals surface area (Å²) in [5.41, 5.74) is -0.220. The van der Waals surface area contributed by atoms with Gasteiger partial charge in [-0.2, -0.15) is 0 Å². The van der Waals surface area contributed by atoms with E-state index in [0.717, 1.165) is 0 Å². The maximum atomic E-state index is 13.0. The van der Waals surface area contributed by atoms with E-state index < -0.39 is 23.4 Å². The molecule has 1 aromatic carbocycles. The minimum absolute atomic E-state index is 0.103. The number of amides is 1. The van der Waals surface area contributed by atoms with Crippen LogP contribution in [-0.2, 0) is 0 Å². The average molecular weight is 371 g/mol. The Morgan fingerprint density at radius 3 is 2.17 bits per heavy atom. The molecule has 6 heteroatoms. The molecule has 1 rings (SSSR count). The first kappa shape index (κ1) is 15.3. The molecule has 1 atom stereocenters. The fraction of sp³-hybridized carbons (Fsp3) is 0.417. The van der Waals surface area contributed by atoms with Gasteiger partial charge in [0.05, 0.1) is 0 Å². The van der Waals surface area contributed by atoms with Crippen LogP contribution < -0.4 is 5.32 Å². The minimum atomic E-state index is -1.57. The summed E-state index contributed by atoms with van der Waals surface area (Å²) in [6.07, 6.45) is 0. The normalized spacial score (nSPS) is 12.6. The van der Waals surface area contributed by atoms with Crippen molar-refractivity contribution in [3.8, 4) is 0 Å². The summed E-state index contributed by atoms with van der Waals surface area (Å²) >= 11 is 2.11. The summed E-state index contributed by atoms with van der Waals surface area (Å²) in [7, 11) is 0. The van der Waals surface area contributed by atoms with E-state index in [1.165, 1.54) is 0 Å². The highest BCUT2D eigenvalue weighted by Crippen LogP contribution is 2.14. The molecule has 0 radical (unpaired) electrons. The van der Waals surface area contributed by atoms with E-state index >= 15 is 0 Å². The van der Waals surface area contributed by atoms with E-state index in [0.29, 0.717) is 16.6 Å². The lowest BCUT2D eigenvalue weighted by molar-refractivity contribution is 0.0931. The van der Waals surface area contributed by atoms with Crippen LogP contribution in [0, 0.1) is 23.4 Å². The van der Waals surface area contributed by atoms with Crippen LogP contribution in [0.1, 0.15) is 24.2 Å². The summed E-state index contributed by atoms with van der Waals surface area (Å²) in [6.45, 7) is 3.85. The first-order chi connectivity index (χ1) is 8.36. The number of rotatable bonds is 4. The van der Waals surface area contributed by atoms with Crippen LogP contribution in [0.4, 0.5) is 13.2 Å². The third kappa shape index (κ3) is 3.60. The van der Waals surface area contributed by atoms with E-state index in [2.05, 4.69) is 27.9 Å². The smallest absolute Gasteiger partial charge is 0.251 e. The zero-order valence-electron chi connectivity index (χ0n) is 9.94. The van der Waals surface area contributed by atoms with Crippen LogP contribution >= 0.6 is 22.6 Å². The Morgan fingerprint density at radius 2 is 1.78 bits per heavy atom.